The monoisotopic (exact) mass is 211 g/mol. The molecule has 1 atom stereocenters. The number of hydrogen-bond acceptors (Lipinski definition) is 2. The second kappa shape index (κ2) is 5.35. The molecule has 3 N–H and O–H groups in total. The Morgan fingerprint density at radius 1 is 1.00 bits per heavy atom. The average Bonchev–Trinajstić information content (AvgIpc) is 2.71. The summed E-state index contributed by atoms with van der Waals surface area (Å²) in [6.45, 7) is 2.00. The van der Waals surface area contributed by atoms with Gasteiger partial charge in [-0.1, -0.05) is 12.8 Å². The van der Waals surface area contributed by atoms with E-state index in [4.69, 9.17) is 0 Å². The highest BCUT2D eigenvalue weighted by molar-refractivity contribution is 5.74. The van der Waals surface area contributed by atoms with Crippen molar-refractivity contribution in [2.24, 2.45) is 0 Å². The van der Waals surface area contributed by atoms with Crippen LogP contribution < -0.4 is 16.0 Å². The molecule has 2 amide bonds. The zero-order valence-electron chi connectivity index (χ0n) is 9.22. The van der Waals surface area contributed by atoms with Gasteiger partial charge in [0.2, 0.25) is 0 Å². The highest BCUT2D eigenvalue weighted by atomic mass is 16.2. The fourth-order valence-corrected chi connectivity index (χ4v) is 2.46. The molecule has 1 saturated carbocycles. The highest BCUT2D eigenvalue weighted by Crippen LogP contribution is 2.17. The predicted octanol–water partition coefficient (Wildman–Crippen LogP) is 0.980. The van der Waals surface area contributed by atoms with Crippen molar-refractivity contribution in [3.63, 3.8) is 0 Å². The minimum atomic E-state index is 0.0237. The summed E-state index contributed by atoms with van der Waals surface area (Å²) < 4.78 is 0. The quantitative estimate of drug-likeness (QED) is 0.638. The lowest BCUT2D eigenvalue weighted by Crippen LogP contribution is -2.50. The number of carbonyl (C=O) groups is 1. The number of carbonyl (C=O) groups excluding carboxylic acids is 1. The van der Waals surface area contributed by atoms with E-state index in [9.17, 15) is 4.79 Å². The van der Waals surface area contributed by atoms with E-state index in [1.54, 1.807) is 0 Å². The fourth-order valence-electron chi connectivity index (χ4n) is 2.46. The lowest BCUT2D eigenvalue weighted by Gasteiger charge is -2.24. The summed E-state index contributed by atoms with van der Waals surface area (Å²) in [4.78, 5) is 11.6. The molecule has 2 aliphatic rings. The van der Waals surface area contributed by atoms with Crippen LogP contribution in [0.2, 0.25) is 0 Å². The number of piperidine rings is 1. The van der Waals surface area contributed by atoms with Gasteiger partial charge in [-0.2, -0.15) is 0 Å². The molecular weight excluding hydrogens is 190 g/mol. The Bertz CT molecular complexity index is 208. The molecule has 2 fully saturated rings. The number of nitrogens with one attached hydrogen (secondary N) is 3. The minimum Gasteiger partial charge on any atom is -0.335 e. The SMILES string of the molecule is O=C(NC1CCCC1)N[C@@H]1CCCNC1. The van der Waals surface area contributed by atoms with Gasteiger partial charge in [-0.05, 0) is 32.2 Å². The molecule has 4 heteroatoms. The molecule has 15 heavy (non-hydrogen) atoms. The molecule has 0 bridgehead atoms. The van der Waals surface area contributed by atoms with Gasteiger partial charge >= 0.3 is 6.03 Å². The molecule has 1 aliphatic carbocycles. The van der Waals surface area contributed by atoms with Crippen molar-refractivity contribution in [3.05, 3.63) is 0 Å². The molecule has 1 aliphatic heterocycles. The van der Waals surface area contributed by atoms with Crippen LogP contribution in [0.25, 0.3) is 0 Å². The Morgan fingerprint density at radius 2 is 1.67 bits per heavy atom. The summed E-state index contributed by atoms with van der Waals surface area (Å²) in [5.74, 6) is 0. The van der Waals surface area contributed by atoms with E-state index in [2.05, 4.69) is 16.0 Å². The van der Waals surface area contributed by atoms with E-state index in [1.807, 2.05) is 0 Å². The lowest BCUT2D eigenvalue weighted by atomic mass is 10.1. The first-order valence-corrected chi connectivity index (χ1v) is 6.12. The molecule has 0 radical (unpaired) electrons. The highest BCUT2D eigenvalue weighted by Gasteiger charge is 2.19. The van der Waals surface area contributed by atoms with E-state index in [1.165, 1.54) is 12.8 Å². The van der Waals surface area contributed by atoms with Gasteiger partial charge in [0.25, 0.3) is 0 Å². The summed E-state index contributed by atoms with van der Waals surface area (Å²) in [6, 6.07) is 0.761. The van der Waals surface area contributed by atoms with Crippen molar-refractivity contribution < 1.29 is 4.79 Å². The van der Waals surface area contributed by atoms with Crippen LogP contribution in [0.4, 0.5) is 4.79 Å². The topological polar surface area (TPSA) is 53.2 Å². The van der Waals surface area contributed by atoms with Crippen LogP contribution in [0, 0.1) is 0 Å². The first-order chi connectivity index (χ1) is 7.34. The van der Waals surface area contributed by atoms with Crippen LogP contribution in [0.3, 0.4) is 0 Å². The number of urea groups is 1. The third kappa shape index (κ3) is 3.38. The van der Waals surface area contributed by atoms with E-state index < -0.39 is 0 Å². The van der Waals surface area contributed by atoms with E-state index in [0.717, 1.165) is 38.8 Å². The van der Waals surface area contributed by atoms with Crippen molar-refractivity contribution in [2.45, 2.75) is 50.6 Å². The van der Waals surface area contributed by atoms with Gasteiger partial charge in [-0.3, -0.25) is 0 Å². The summed E-state index contributed by atoms with van der Waals surface area (Å²) in [6.07, 6.45) is 7.08. The molecule has 0 aromatic heterocycles. The van der Waals surface area contributed by atoms with E-state index in [0.29, 0.717) is 12.1 Å². The molecule has 2 rings (SSSR count). The van der Waals surface area contributed by atoms with Crippen molar-refractivity contribution >= 4 is 6.03 Å². The molecule has 0 unspecified atom stereocenters. The second-order valence-electron chi connectivity index (χ2n) is 4.64. The van der Waals surface area contributed by atoms with Gasteiger partial charge in [-0.15, -0.1) is 0 Å². The molecule has 0 spiro atoms. The summed E-state index contributed by atoms with van der Waals surface area (Å²) >= 11 is 0. The summed E-state index contributed by atoms with van der Waals surface area (Å²) in [7, 11) is 0. The third-order valence-electron chi connectivity index (χ3n) is 3.32. The summed E-state index contributed by atoms with van der Waals surface area (Å²) in [5, 5.41) is 9.37. The summed E-state index contributed by atoms with van der Waals surface area (Å²) in [5.41, 5.74) is 0. The van der Waals surface area contributed by atoms with Crippen molar-refractivity contribution in [3.8, 4) is 0 Å². The van der Waals surface area contributed by atoms with Crippen LogP contribution in [-0.4, -0.2) is 31.2 Å². The lowest BCUT2D eigenvalue weighted by molar-refractivity contribution is 0.230. The molecule has 86 valence electrons. The van der Waals surface area contributed by atoms with Crippen molar-refractivity contribution in [1.29, 1.82) is 0 Å². The van der Waals surface area contributed by atoms with E-state index in [-0.39, 0.29) is 6.03 Å². The first kappa shape index (κ1) is 10.7. The smallest absolute Gasteiger partial charge is 0.315 e. The normalized spacial score (nSPS) is 27.6. The molecule has 1 heterocycles. The van der Waals surface area contributed by atoms with Crippen LogP contribution in [0.1, 0.15) is 38.5 Å². The second-order valence-corrected chi connectivity index (χ2v) is 4.64. The number of rotatable bonds is 2. The van der Waals surface area contributed by atoms with Crippen LogP contribution in [0.5, 0.6) is 0 Å². The molecule has 4 nitrogen and oxygen atoms in total. The van der Waals surface area contributed by atoms with Crippen molar-refractivity contribution in [1.82, 2.24) is 16.0 Å². The zero-order valence-corrected chi connectivity index (χ0v) is 9.22. The molecular formula is C11H21N3O. The molecule has 0 aromatic carbocycles. The van der Waals surface area contributed by atoms with Crippen LogP contribution in [0.15, 0.2) is 0 Å². The largest absolute Gasteiger partial charge is 0.335 e. The maximum absolute atomic E-state index is 11.6. The van der Waals surface area contributed by atoms with Gasteiger partial charge in [0.15, 0.2) is 0 Å². The molecule has 1 saturated heterocycles. The number of amides is 2. The Hall–Kier alpha value is -0.770. The maximum Gasteiger partial charge on any atom is 0.315 e. The standard InChI is InChI=1S/C11H21N3O/c15-11(13-9-4-1-2-5-9)14-10-6-3-7-12-8-10/h9-10,12H,1-8H2,(H2,13,14,15)/t10-/m1/s1. The van der Waals surface area contributed by atoms with E-state index >= 15 is 0 Å². The predicted molar refractivity (Wildman–Crippen MR) is 59.8 cm³/mol. The Balaban J connectivity index is 1.66. The molecule has 0 aromatic rings. The Labute approximate surface area is 91.2 Å². The fraction of sp³-hybridized carbons (Fsp3) is 0.909. The van der Waals surface area contributed by atoms with Gasteiger partial charge in [0.05, 0.1) is 0 Å². The van der Waals surface area contributed by atoms with Gasteiger partial charge in [-0.25, -0.2) is 4.79 Å². The Kier molecular flexibility index (Phi) is 3.83. The first-order valence-electron chi connectivity index (χ1n) is 6.12. The van der Waals surface area contributed by atoms with Crippen molar-refractivity contribution in [2.75, 3.05) is 13.1 Å². The average molecular weight is 211 g/mol. The maximum atomic E-state index is 11.6. The van der Waals surface area contributed by atoms with Crippen LogP contribution >= 0.6 is 0 Å². The minimum absolute atomic E-state index is 0.0237. The van der Waals surface area contributed by atoms with Gasteiger partial charge in [0.1, 0.15) is 0 Å². The third-order valence-corrected chi connectivity index (χ3v) is 3.32. The Morgan fingerprint density at radius 3 is 2.33 bits per heavy atom. The van der Waals surface area contributed by atoms with Gasteiger partial charge in [0, 0.05) is 18.6 Å². The number of hydrogen-bond donors (Lipinski definition) is 3. The zero-order chi connectivity index (χ0) is 10.5. The van der Waals surface area contributed by atoms with Gasteiger partial charge < -0.3 is 16.0 Å². The van der Waals surface area contributed by atoms with Crippen LogP contribution in [-0.2, 0) is 0 Å².